The van der Waals surface area contributed by atoms with Gasteiger partial charge in [0, 0.05) is 37.7 Å². The first kappa shape index (κ1) is 20.2. The highest BCUT2D eigenvalue weighted by Crippen LogP contribution is 2.21. The first-order valence-electron chi connectivity index (χ1n) is 9.17. The van der Waals surface area contributed by atoms with Gasteiger partial charge in [-0.25, -0.2) is 10.4 Å². The van der Waals surface area contributed by atoms with Crippen molar-refractivity contribution < 1.29 is 14.6 Å². The molecule has 1 aromatic heterocycles. The lowest BCUT2D eigenvalue weighted by Gasteiger charge is -2.26. The monoisotopic (exact) mass is 403 g/mol. The number of carbonyl (C=O) groups is 1. The van der Waals surface area contributed by atoms with Gasteiger partial charge in [0.25, 0.3) is 0 Å². The van der Waals surface area contributed by atoms with Gasteiger partial charge in [0.2, 0.25) is 5.91 Å². The molecular formula is C19H25N5O3S. The van der Waals surface area contributed by atoms with Crippen LogP contribution in [0.5, 0.6) is 0 Å². The SMILES string of the molecule is CN(CCO)c1ccc(/C=N\NC(=O)Cc2csc(N3CCOCC3)n2)cc1. The Bertz CT molecular complexity index is 787. The Labute approximate surface area is 168 Å². The molecule has 0 atom stereocenters. The Balaban J connectivity index is 1.47. The third kappa shape index (κ3) is 5.75. The van der Waals surface area contributed by atoms with Crippen molar-refractivity contribution in [2.24, 2.45) is 5.10 Å². The summed E-state index contributed by atoms with van der Waals surface area (Å²) in [7, 11) is 1.92. The predicted octanol–water partition coefficient (Wildman–Crippen LogP) is 1.10. The van der Waals surface area contributed by atoms with Crippen LogP contribution in [0.4, 0.5) is 10.8 Å². The Morgan fingerprint density at radius 2 is 2.14 bits per heavy atom. The van der Waals surface area contributed by atoms with Crippen molar-refractivity contribution in [1.29, 1.82) is 0 Å². The van der Waals surface area contributed by atoms with E-state index in [0.717, 1.165) is 35.2 Å². The number of aliphatic hydroxyl groups is 1. The average Bonchev–Trinajstić information content (AvgIpc) is 3.18. The molecule has 1 fully saturated rings. The van der Waals surface area contributed by atoms with Crippen LogP contribution in [-0.2, 0) is 16.0 Å². The van der Waals surface area contributed by atoms with Gasteiger partial charge >= 0.3 is 0 Å². The van der Waals surface area contributed by atoms with Crippen LogP contribution in [0, 0.1) is 0 Å². The summed E-state index contributed by atoms with van der Waals surface area (Å²) in [5, 5.41) is 15.8. The second-order valence-corrected chi connectivity index (χ2v) is 7.26. The molecule has 2 heterocycles. The largest absolute Gasteiger partial charge is 0.395 e. The minimum absolute atomic E-state index is 0.110. The number of aromatic nitrogens is 1. The first-order valence-corrected chi connectivity index (χ1v) is 10.0. The van der Waals surface area contributed by atoms with Gasteiger partial charge in [-0.3, -0.25) is 4.79 Å². The number of thiazole rings is 1. The predicted molar refractivity (Wildman–Crippen MR) is 111 cm³/mol. The van der Waals surface area contributed by atoms with Crippen LogP contribution >= 0.6 is 11.3 Å². The molecular weight excluding hydrogens is 378 g/mol. The van der Waals surface area contributed by atoms with Crippen LogP contribution in [-0.4, -0.2) is 68.7 Å². The quantitative estimate of drug-likeness (QED) is 0.507. The van der Waals surface area contributed by atoms with Crippen molar-refractivity contribution in [3.8, 4) is 0 Å². The summed E-state index contributed by atoms with van der Waals surface area (Å²) in [6, 6.07) is 7.71. The molecule has 1 aliphatic heterocycles. The number of hydrogen-bond donors (Lipinski definition) is 2. The van der Waals surface area contributed by atoms with E-state index in [0.29, 0.717) is 19.8 Å². The molecule has 0 aliphatic carbocycles. The number of anilines is 2. The molecule has 1 aliphatic rings. The van der Waals surface area contributed by atoms with Gasteiger partial charge in [0.1, 0.15) is 0 Å². The smallest absolute Gasteiger partial charge is 0.246 e. The Morgan fingerprint density at radius 3 is 2.86 bits per heavy atom. The van der Waals surface area contributed by atoms with Gasteiger partial charge in [-0.1, -0.05) is 12.1 Å². The van der Waals surface area contributed by atoms with Crippen molar-refractivity contribution in [3.05, 3.63) is 40.9 Å². The van der Waals surface area contributed by atoms with E-state index in [-0.39, 0.29) is 18.9 Å². The molecule has 1 saturated heterocycles. The Morgan fingerprint density at radius 1 is 1.39 bits per heavy atom. The van der Waals surface area contributed by atoms with Gasteiger partial charge in [-0.2, -0.15) is 5.10 Å². The third-order valence-corrected chi connectivity index (χ3v) is 5.29. The fourth-order valence-corrected chi connectivity index (χ4v) is 3.63. The minimum Gasteiger partial charge on any atom is -0.395 e. The van der Waals surface area contributed by atoms with Crippen molar-refractivity contribution >= 4 is 34.3 Å². The van der Waals surface area contributed by atoms with Crippen LogP contribution in [0.3, 0.4) is 0 Å². The summed E-state index contributed by atoms with van der Waals surface area (Å²) < 4.78 is 5.35. The zero-order chi connectivity index (χ0) is 19.8. The topological polar surface area (TPSA) is 90.3 Å². The molecule has 0 radical (unpaired) electrons. The van der Waals surface area contributed by atoms with Crippen LogP contribution in [0.15, 0.2) is 34.7 Å². The lowest BCUT2D eigenvalue weighted by atomic mass is 10.2. The summed E-state index contributed by atoms with van der Waals surface area (Å²) >= 11 is 1.55. The van der Waals surface area contributed by atoms with Gasteiger partial charge in [-0.15, -0.1) is 11.3 Å². The van der Waals surface area contributed by atoms with E-state index in [9.17, 15) is 4.79 Å². The van der Waals surface area contributed by atoms with E-state index >= 15 is 0 Å². The normalized spacial score (nSPS) is 14.4. The fourth-order valence-electron chi connectivity index (χ4n) is 2.75. The number of rotatable bonds is 8. The highest BCUT2D eigenvalue weighted by Gasteiger charge is 2.15. The highest BCUT2D eigenvalue weighted by atomic mass is 32.1. The number of nitrogens with zero attached hydrogens (tertiary/aromatic N) is 4. The number of amides is 1. The highest BCUT2D eigenvalue weighted by molar-refractivity contribution is 7.13. The summed E-state index contributed by atoms with van der Waals surface area (Å²) in [6.45, 7) is 3.77. The van der Waals surface area contributed by atoms with Gasteiger partial charge in [-0.05, 0) is 17.7 Å². The van der Waals surface area contributed by atoms with E-state index in [2.05, 4.69) is 20.4 Å². The molecule has 2 aromatic rings. The second-order valence-electron chi connectivity index (χ2n) is 6.43. The molecule has 0 spiro atoms. The van der Waals surface area contributed by atoms with Crippen molar-refractivity contribution in [3.63, 3.8) is 0 Å². The fraction of sp³-hybridized carbons (Fsp3) is 0.421. The van der Waals surface area contributed by atoms with Crippen molar-refractivity contribution in [2.75, 3.05) is 56.3 Å². The number of hydrogen-bond acceptors (Lipinski definition) is 8. The molecule has 3 rings (SSSR count). The zero-order valence-corrected chi connectivity index (χ0v) is 16.7. The number of morpholine rings is 1. The molecule has 1 aromatic carbocycles. The van der Waals surface area contributed by atoms with Crippen LogP contribution in [0.25, 0.3) is 0 Å². The number of hydrazone groups is 1. The third-order valence-electron chi connectivity index (χ3n) is 4.34. The lowest BCUT2D eigenvalue weighted by molar-refractivity contribution is -0.120. The molecule has 2 N–H and O–H groups in total. The van der Waals surface area contributed by atoms with E-state index in [4.69, 9.17) is 9.84 Å². The van der Waals surface area contributed by atoms with Crippen LogP contribution in [0.2, 0.25) is 0 Å². The lowest BCUT2D eigenvalue weighted by Crippen LogP contribution is -2.36. The number of aliphatic hydroxyl groups excluding tert-OH is 1. The zero-order valence-electron chi connectivity index (χ0n) is 15.9. The molecule has 0 bridgehead atoms. The van der Waals surface area contributed by atoms with Crippen molar-refractivity contribution in [2.45, 2.75) is 6.42 Å². The van der Waals surface area contributed by atoms with Gasteiger partial charge in [0.05, 0.1) is 38.1 Å². The molecule has 8 nitrogen and oxygen atoms in total. The average molecular weight is 404 g/mol. The number of likely N-dealkylation sites (N-methyl/N-ethyl adjacent to an activating group) is 1. The standard InChI is InChI=1S/C19H25N5O3S/c1-23(6-9-25)17-4-2-15(3-5-17)13-20-22-18(26)12-16-14-28-19(21-16)24-7-10-27-11-8-24/h2-5,13-14,25H,6-12H2,1H3,(H,22,26)/b20-13-. The van der Waals surface area contributed by atoms with Crippen molar-refractivity contribution in [1.82, 2.24) is 10.4 Å². The van der Waals surface area contributed by atoms with Gasteiger partial charge in [0.15, 0.2) is 5.13 Å². The van der Waals surface area contributed by atoms with E-state index in [1.807, 2.05) is 41.6 Å². The number of ether oxygens (including phenoxy) is 1. The van der Waals surface area contributed by atoms with Crippen LogP contribution < -0.4 is 15.2 Å². The maximum Gasteiger partial charge on any atom is 0.246 e. The Hall–Kier alpha value is -2.49. The van der Waals surface area contributed by atoms with E-state index < -0.39 is 0 Å². The molecule has 1 amide bonds. The number of nitrogens with one attached hydrogen (secondary N) is 1. The Kier molecular flexibility index (Phi) is 7.35. The summed E-state index contributed by atoms with van der Waals surface area (Å²) in [5.74, 6) is -0.200. The molecule has 0 unspecified atom stereocenters. The van der Waals surface area contributed by atoms with Gasteiger partial charge < -0.3 is 19.6 Å². The summed E-state index contributed by atoms with van der Waals surface area (Å²) in [5.41, 5.74) is 5.18. The summed E-state index contributed by atoms with van der Waals surface area (Å²) in [6.07, 6.45) is 1.80. The van der Waals surface area contributed by atoms with E-state index in [1.54, 1.807) is 17.6 Å². The maximum atomic E-state index is 12.1. The van der Waals surface area contributed by atoms with Crippen LogP contribution in [0.1, 0.15) is 11.3 Å². The molecule has 9 heteroatoms. The molecule has 0 saturated carbocycles. The maximum absolute atomic E-state index is 12.1. The second kappa shape index (κ2) is 10.2. The molecule has 28 heavy (non-hydrogen) atoms. The first-order chi connectivity index (χ1) is 13.7. The molecule has 150 valence electrons. The summed E-state index contributed by atoms with van der Waals surface area (Å²) in [4.78, 5) is 20.8. The number of carbonyl (C=O) groups excluding carboxylic acids is 1. The van der Waals surface area contributed by atoms with E-state index in [1.165, 1.54) is 0 Å². The minimum atomic E-state index is -0.200. The number of benzene rings is 1.